The summed E-state index contributed by atoms with van der Waals surface area (Å²) in [6, 6.07) is 10.8. The van der Waals surface area contributed by atoms with Gasteiger partial charge in [-0.3, -0.25) is 9.59 Å². The van der Waals surface area contributed by atoms with Gasteiger partial charge < -0.3 is 10.6 Å². The van der Waals surface area contributed by atoms with E-state index in [2.05, 4.69) is 10.6 Å². The fourth-order valence-corrected chi connectivity index (χ4v) is 2.43. The van der Waals surface area contributed by atoms with E-state index in [0.717, 1.165) is 5.56 Å². The molecular formula is C16H15ClN2O2S. The molecule has 0 saturated carbocycles. The number of hydrogen-bond acceptors (Lipinski definition) is 3. The number of carbonyl (C=O) groups is 2. The lowest BCUT2D eigenvalue weighted by molar-refractivity contribution is -0.116. The summed E-state index contributed by atoms with van der Waals surface area (Å²) in [5, 5.41) is 7.94. The zero-order valence-corrected chi connectivity index (χ0v) is 13.3. The molecule has 0 bridgehead atoms. The van der Waals surface area contributed by atoms with E-state index in [1.54, 1.807) is 24.3 Å². The molecule has 0 aliphatic carbocycles. The van der Waals surface area contributed by atoms with Crippen molar-refractivity contribution in [2.24, 2.45) is 0 Å². The van der Waals surface area contributed by atoms with Gasteiger partial charge in [0.25, 0.3) is 5.91 Å². The van der Waals surface area contributed by atoms with Crippen LogP contribution in [0.4, 0.5) is 0 Å². The summed E-state index contributed by atoms with van der Waals surface area (Å²) >= 11 is 7.17. The lowest BCUT2D eigenvalue weighted by Crippen LogP contribution is -2.33. The highest BCUT2D eigenvalue weighted by Gasteiger charge is 2.04. The molecule has 0 spiro atoms. The molecule has 0 aliphatic heterocycles. The minimum Gasteiger partial charge on any atom is -0.351 e. The van der Waals surface area contributed by atoms with Crippen LogP contribution in [-0.4, -0.2) is 24.9 Å². The third kappa shape index (κ3) is 5.35. The van der Waals surface area contributed by atoms with Gasteiger partial charge in [-0.15, -0.1) is 11.3 Å². The molecular weight excluding hydrogens is 320 g/mol. The fraction of sp³-hybridized carbons (Fsp3) is 0.125. The molecule has 1 aromatic carbocycles. The summed E-state index contributed by atoms with van der Waals surface area (Å²) in [4.78, 5) is 23.9. The highest BCUT2D eigenvalue weighted by molar-refractivity contribution is 7.12. The van der Waals surface area contributed by atoms with Gasteiger partial charge in [-0.25, -0.2) is 0 Å². The molecule has 114 valence electrons. The van der Waals surface area contributed by atoms with Crippen LogP contribution in [0.15, 0.2) is 47.9 Å². The van der Waals surface area contributed by atoms with Crippen LogP contribution in [0, 0.1) is 0 Å². The fourth-order valence-electron chi connectivity index (χ4n) is 1.66. The number of rotatable bonds is 6. The highest BCUT2D eigenvalue weighted by Crippen LogP contribution is 2.10. The Morgan fingerprint density at radius 2 is 1.82 bits per heavy atom. The molecule has 1 aromatic heterocycles. The Morgan fingerprint density at radius 3 is 2.50 bits per heavy atom. The normalized spacial score (nSPS) is 10.6. The van der Waals surface area contributed by atoms with Crippen molar-refractivity contribution < 1.29 is 9.59 Å². The molecule has 2 rings (SSSR count). The monoisotopic (exact) mass is 334 g/mol. The number of amides is 2. The largest absolute Gasteiger partial charge is 0.351 e. The van der Waals surface area contributed by atoms with Gasteiger partial charge in [-0.2, -0.15) is 0 Å². The molecule has 4 nitrogen and oxygen atoms in total. The zero-order valence-electron chi connectivity index (χ0n) is 11.7. The second kappa shape index (κ2) is 8.36. The van der Waals surface area contributed by atoms with Crippen molar-refractivity contribution in [1.29, 1.82) is 0 Å². The number of carbonyl (C=O) groups excluding carboxylic acids is 2. The molecule has 2 aromatic rings. The first-order chi connectivity index (χ1) is 10.6. The average Bonchev–Trinajstić information content (AvgIpc) is 3.05. The molecule has 2 N–H and O–H groups in total. The van der Waals surface area contributed by atoms with E-state index < -0.39 is 0 Å². The van der Waals surface area contributed by atoms with Gasteiger partial charge in [-0.1, -0.05) is 29.8 Å². The Balaban J connectivity index is 1.67. The summed E-state index contributed by atoms with van der Waals surface area (Å²) in [6.45, 7) is 0.762. The second-order valence-corrected chi connectivity index (χ2v) is 5.79. The standard InChI is InChI=1S/C16H15ClN2O2S/c17-13-6-3-12(4-7-13)5-8-15(20)18-9-10-19-16(21)14-2-1-11-22-14/h1-8,11H,9-10H2,(H,18,20)(H,19,21). The maximum Gasteiger partial charge on any atom is 0.261 e. The summed E-state index contributed by atoms with van der Waals surface area (Å²) < 4.78 is 0. The van der Waals surface area contributed by atoms with Crippen LogP contribution >= 0.6 is 22.9 Å². The van der Waals surface area contributed by atoms with Gasteiger partial charge in [0.1, 0.15) is 0 Å². The molecule has 0 unspecified atom stereocenters. The van der Waals surface area contributed by atoms with Gasteiger partial charge in [0.2, 0.25) is 5.91 Å². The SMILES string of the molecule is O=C(C=Cc1ccc(Cl)cc1)NCCNC(=O)c1cccs1. The lowest BCUT2D eigenvalue weighted by atomic mass is 10.2. The first-order valence-corrected chi connectivity index (χ1v) is 7.94. The maximum atomic E-state index is 11.7. The van der Waals surface area contributed by atoms with Gasteiger partial charge in [0.05, 0.1) is 4.88 Å². The Kier molecular flexibility index (Phi) is 6.18. The smallest absolute Gasteiger partial charge is 0.261 e. The number of thiophene rings is 1. The van der Waals surface area contributed by atoms with Crippen LogP contribution in [0.2, 0.25) is 5.02 Å². The van der Waals surface area contributed by atoms with Crippen LogP contribution in [-0.2, 0) is 4.79 Å². The predicted molar refractivity (Wildman–Crippen MR) is 90.1 cm³/mol. The molecule has 0 radical (unpaired) electrons. The molecule has 1 heterocycles. The first-order valence-electron chi connectivity index (χ1n) is 6.68. The summed E-state index contributed by atoms with van der Waals surface area (Å²) in [5.74, 6) is -0.332. The lowest BCUT2D eigenvalue weighted by Gasteiger charge is -2.04. The van der Waals surface area contributed by atoms with Gasteiger partial charge in [0.15, 0.2) is 0 Å². The van der Waals surface area contributed by atoms with Crippen molar-refractivity contribution in [3.63, 3.8) is 0 Å². The first kappa shape index (κ1) is 16.3. The van der Waals surface area contributed by atoms with Crippen molar-refractivity contribution in [2.45, 2.75) is 0 Å². The summed E-state index contributed by atoms with van der Waals surface area (Å²) in [5.41, 5.74) is 0.894. The highest BCUT2D eigenvalue weighted by atomic mass is 35.5. The van der Waals surface area contributed by atoms with Crippen molar-refractivity contribution in [1.82, 2.24) is 10.6 Å². The van der Waals surface area contributed by atoms with Crippen LogP contribution in [0.1, 0.15) is 15.2 Å². The Labute approximate surface area is 137 Å². The number of nitrogens with one attached hydrogen (secondary N) is 2. The molecule has 0 fully saturated rings. The van der Waals surface area contributed by atoms with E-state index in [9.17, 15) is 9.59 Å². The molecule has 22 heavy (non-hydrogen) atoms. The molecule has 0 atom stereocenters. The van der Waals surface area contributed by atoms with Crippen LogP contribution in [0.25, 0.3) is 6.08 Å². The van der Waals surface area contributed by atoms with E-state index in [-0.39, 0.29) is 11.8 Å². The van der Waals surface area contributed by atoms with Crippen molar-refractivity contribution in [3.05, 3.63) is 63.3 Å². The minimum absolute atomic E-state index is 0.124. The van der Waals surface area contributed by atoms with E-state index in [1.807, 2.05) is 23.6 Å². The van der Waals surface area contributed by atoms with Gasteiger partial charge >= 0.3 is 0 Å². The van der Waals surface area contributed by atoms with Crippen molar-refractivity contribution in [2.75, 3.05) is 13.1 Å². The van der Waals surface area contributed by atoms with Crippen molar-refractivity contribution >= 4 is 40.8 Å². The van der Waals surface area contributed by atoms with Gasteiger partial charge in [0, 0.05) is 24.2 Å². The second-order valence-electron chi connectivity index (χ2n) is 4.41. The topological polar surface area (TPSA) is 58.2 Å². The van der Waals surface area contributed by atoms with Crippen molar-refractivity contribution in [3.8, 4) is 0 Å². The Hall–Kier alpha value is -2.11. The Morgan fingerprint density at radius 1 is 1.09 bits per heavy atom. The minimum atomic E-state index is -0.208. The van der Waals surface area contributed by atoms with E-state index in [4.69, 9.17) is 11.6 Å². The van der Waals surface area contributed by atoms with Gasteiger partial charge in [-0.05, 0) is 35.2 Å². The van der Waals surface area contributed by atoms with E-state index >= 15 is 0 Å². The summed E-state index contributed by atoms with van der Waals surface area (Å²) in [7, 11) is 0. The quantitative estimate of drug-likeness (QED) is 0.630. The average molecular weight is 335 g/mol. The number of hydrogen-bond donors (Lipinski definition) is 2. The van der Waals surface area contributed by atoms with Crippen LogP contribution in [0.5, 0.6) is 0 Å². The molecule has 6 heteroatoms. The third-order valence-electron chi connectivity index (χ3n) is 2.75. The summed E-state index contributed by atoms with van der Waals surface area (Å²) in [6.07, 6.45) is 3.15. The number of benzene rings is 1. The third-order valence-corrected chi connectivity index (χ3v) is 3.87. The van der Waals surface area contributed by atoms with E-state index in [0.29, 0.717) is 23.0 Å². The molecule has 0 saturated heterocycles. The maximum absolute atomic E-state index is 11.7. The number of halogens is 1. The predicted octanol–water partition coefficient (Wildman–Crippen LogP) is 2.96. The van der Waals surface area contributed by atoms with Crippen LogP contribution < -0.4 is 10.6 Å². The van der Waals surface area contributed by atoms with Crippen LogP contribution in [0.3, 0.4) is 0 Å². The molecule has 0 aliphatic rings. The molecule has 2 amide bonds. The van der Waals surface area contributed by atoms with E-state index in [1.165, 1.54) is 17.4 Å². The Bertz CT molecular complexity index is 651. The zero-order chi connectivity index (χ0) is 15.8.